The van der Waals surface area contributed by atoms with Crippen LogP contribution < -0.4 is 10.6 Å². The minimum atomic E-state index is -0.789. The second-order valence-electron chi connectivity index (χ2n) is 5.58. The molecule has 0 radical (unpaired) electrons. The van der Waals surface area contributed by atoms with Gasteiger partial charge in [0, 0.05) is 18.2 Å². The van der Waals surface area contributed by atoms with Crippen molar-refractivity contribution in [3.63, 3.8) is 0 Å². The zero-order valence-corrected chi connectivity index (χ0v) is 12.3. The molecule has 2 rings (SSSR count). The van der Waals surface area contributed by atoms with Crippen LogP contribution in [0.1, 0.15) is 31.2 Å². The number of benzene rings is 1. The Morgan fingerprint density at radius 1 is 1.24 bits per heavy atom. The van der Waals surface area contributed by atoms with E-state index in [1.807, 2.05) is 31.3 Å². The Bertz CT molecular complexity index is 516. The second kappa shape index (κ2) is 7.22. The largest absolute Gasteiger partial charge is 0.481 e. The minimum Gasteiger partial charge on any atom is -0.481 e. The molecule has 1 amide bonds. The van der Waals surface area contributed by atoms with E-state index in [1.54, 1.807) is 0 Å². The van der Waals surface area contributed by atoms with Crippen LogP contribution in [0.25, 0.3) is 0 Å². The van der Waals surface area contributed by atoms with Crippen molar-refractivity contribution in [2.75, 3.05) is 12.4 Å². The standard InChI is InChI=1S/C16H22N2O3/c1-17-10-13-5-2-3-8-14(13)18-15(19)11-6-4-7-12(9-11)16(20)21/h2-3,5,8,11-12,17H,4,6-7,9-10H2,1H3,(H,18,19)(H,20,21). The van der Waals surface area contributed by atoms with E-state index in [2.05, 4.69) is 10.6 Å². The van der Waals surface area contributed by atoms with E-state index in [0.717, 1.165) is 24.1 Å². The van der Waals surface area contributed by atoms with Crippen LogP contribution in [0.5, 0.6) is 0 Å². The van der Waals surface area contributed by atoms with Gasteiger partial charge in [0.25, 0.3) is 0 Å². The van der Waals surface area contributed by atoms with Gasteiger partial charge in [-0.25, -0.2) is 0 Å². The number of aliphatic carboxylic acids is 1. The summed E-state index contributed by atoms with van der Waals surface area (Å²) in [7, 11) is 1.86. The Balaban J connectivity index is 2.02. The molecule has 1 aliphatic rings. The Kier molecular flexibility index (Phi) is 5.33. The molecule has 2 unspecified atom stereocenters. The summed E-state index contributed by atoms with van der Waals surface area (Å²) in [5, 5.41) is 15.1. The molecule has 3 N–H and O–H groups in total. The van der Waals surface area contributed by atoms with Crippen LogP contribution >= 0.6 is 0 Å². The first-order chi connectivity index (χ1) is 10.1. The van der Waals surface area contributed by atoms with Gasteiger partial charge in [-0.3, -0.25) is 9.59 Å². The Labute approximate surface area is 124 Å². The number of rotatable bonds is 5. The molecule has 0 bridgehead atoms. The molecule has 21 heavy (non-hydrogen) atoms. The first-order valence-electron chi connectivity index (χ1n) is 7.38. The van der Waals surface area contributed by atoms with Crippen LogP contribution in [0.15, 0.2) is 24.3 Å². The van der Waals surface area contributed by atoms with Gasteiger partial charge in [-0.1, -0.05) is 24.6 Å². The summed E-state index contributed by atoms with van der Waals surface area (Å²) in [5.41, 5.74) is 1.83. The van der Waals surface area contributed by atoms with E-state index in [9.17, 15) is 9.59 Å². The quantitative estimate of drug-likeness (QED) is 0.777. The average molecular weight is 290 g/mol. The molecule has 1 aromatic carbocycles. The summed E-state index contributed by atoms with van der Waals surface area (Å²) >= 11 is 0. The number of hydrogen-bond acceptors (Lipinski definition) is 3. The molecule has 0 saturated heterocycles. The molecule has 1 aromatic rings. The first kappa shape index (κ1) is 15.5. The van der Waals surface area contributed by atoms with Gasteiger partial charge in [0.05, 0.1) is 5.92 Å². The topological polar surface area (TPSA) is 78.4 Å². The van der Waals surface area contributed by atoms with Gasteiger partial charge < -0.3 is 15.7 Å². The predicted molar refractivity (Wildman–Crippen MR) is 80.9 cm³/mol. The predicted octanol–water partition coefficient (Wildman–Crippen LogP) is 2.24. The number of amides is 1. The molecule has 1 aliphatic carbocycles. The van der Waals surface area contributed by atoms with Gasteiger partial charge >= 0.3 is 5.97 Å². The van der Waals surface area contributed by atoms with Gasteiger partial charge in [0.15, 0.2) is 0 Å². The highest BCUT2D eigenvalue weighted by atomic mass is 16.4. The monoisotopic (exact) mass is 290 g/mol. The fourth-order valence-electron chi connectivity index (χ4n) is 2.87. The first-order valence-corrected chi connectivity index (χ1v) is 7.38. The summed E-state index contributed by atoms with van der Waals surface area (Å²) in [6.45, 7) is 0.679. The highest BCUT2D eigenvalue weighted by molar-refractivity contribution is 5.93. The van der Waals surface area contributed by atoms with E-state index in [1.165, 1.54) is 0 Å². The summed E-state index contributed by atoms with van der Waals surface area (Å²) in [4.78, 5) is 23.4. The lowest BCUT2D eigenvalue weighted by Crippen LogP contribution is -2.31. The lowest BCUT2D eigenvalue weighted by Gasteiger charge is -2.26. The van der Waals surface area contributed by atoms with Crippen molar-refractivity contribution < 1.29 is 14.7 Å². The highest BCUT2D eigenvalue weighted by Gasteiger charge is 2.31. The van der Waals surface area contributed by atoms with E-state index in [-0.39, 0.29) is 17.7 Å². The second-order valence-corrected chi connectivity index (χ2v) is 5.58. The number of carbonyl (C=O) groups is 2. The third kappa shape index (κ3) is 4.04. The van der Waals surface area contributed by atoms with Crippen LogP contribution in [0.3, 0.4) is 0 Å². The van der Waals surface area contributed by atoms with E-state index < -0.39 is 5.97 Å². The number of nitrogens with one attached hydrogen (secondary N) is 2. The molecule has 114 valence electrons. The third-order valence-corrected chi connectivity index (χ3v) is 4.04. The number of anilines is 1. The molecular formula is C16H22N2O3. The molecular weight excluding hydrogens is 268 g/mol. The van der Waals surface area contributed by atoms with Crippen LogP contribution in [-0.4, -0.2) is 24.0 Å². The number of carbonyl (C=O) groups excluding carboxylic acids is 1. The lowest BCUT2D eigenvalue weighted by atomic mass is 9.81. The lowest BCUT2D eigenvalue weighted by molar-refractivity contribution is -0.143. The molecule has 2 atom stereocenters. The Morgan fingerprint density at radius 2 is 1.95 bits per heavy atom. The van der Waals surface area contributed by atoms with Crippen molar-refractivity contribution in [3.05, 3.63) is 29.8 Å². The molecule has 0 heterocycles. The van der Waals surface area contributed by atoms with Crippen molar-refractivity contribution in [1.82, 2.24) is 5.32 Å². The molecule has 0 aromatic heterocycles. The average Bonchev–Trinajstić information content (AvgIpc) is 2.49. The van der Waals surface area contributed by atoms with Gasteiger partial charge in [-0.05, 0) is 37.9 Å². The minimum absolute atomic E-state index is 0.0653. The van der Waals surface area contributed by atoms with Crippen molar-refractivity contribution in [3.8, 4) is 0 Å². The smallest absolute Gasteiger partial charge is 0.306 e. The normalized spacial score (nSPS) is 21.8. The van der Waals surface area contributed by atoms with E-state index in [4.69, 9.17) is 5.11 Å². The van der Waals surface area contributed by atoms with Crippen molar-refractivity contribution in [1.29, 1.82) is 0 Å². The molecule has 1 saturated carbocycles. The Morgan fingerprint density at radius 3 is 2.67 bits per heavy atom. The zero-order valence-electron chi connectivity index (χ0n) is 12.3. The third-order valence-electron chi connectivity index (χ3n) is 4.04. The van der Waals surface area contributed by atoms with Crippen LogP contribution in [0.4, 0.5) is 5.69 Å². The molecule has 0 aliphatic heterocycles. The summed E-state index contributed by atoms with van der Waals surface area (Å²) < 4.78 is 0. The Hall–Kier alpha value is -1.88. The molecule has 1 fully saturated rings. The maximum absolute atomic E-state index is 12.4. The number of carboxylic acid groups (broad SMARTS) is 1. The highest BCUT2D eigenvalue weighted by Crippen LogP contribution is 2.30. The van der Waals surface area contributed by atoms with Crippen LogP contribution in [0, 0.1) is 11.8 Å². The fourth-order valence-corrected chi connectivity index (χ4v) is 2.87. The van der Waals surface area contributed by atoms with Crippen LogP contribution in [-0.2, 0) is 16.1 Å². The van der Waals surface area contributed by atoms with E-state index >= 15 is 0 Å². The molecule has 5 heteroatoms. The summed E-state index contributed by atoms with van der Waals surface area (Å²) in [5.74, 6) is -1.45. The maximum Gasteiger partial charge on any atom is 0.306 e. The van der Waals surface area contributed by atoms with Crippen LogP contribution in [0.2, 0.25) is 0 Å². The number of hydrogen-bond donors (Lipinski definition) is 3. The fraction of sp³-hybridized carbons (Fsp3) is 0.500. The van der Waals surface area contributed by atoms with Crippen molar-refractivity contribution >= 4 is 17.6 Å². The van der Waals surface area contributed by atoms with Gasteiger partial charge in [-0.15, -0.1) is 0 Å². The van der Waals surface area contributed by atoms with Gasteiger partial charge in [0.1, 0.15) is 0 Å². The number of para-hydroxylation sites is 1. The molecule has 5 nitrogen and oxygen atoms in total. The van der Waals surface area contributed by atoms with Gasteiger partial charge in [0.2, 0.25) is 5.91 Å². The summed E-state index contributed by atoms with van der Waals surface area (Å²) in [6.07, 6.45) is 2.68. The zero-order chi connectivity index (χ0) is 15.2. The summed E-state index contributed by atoms with van der Waals surface area (Å²) in [6, 6.07) is 7.66. The number of carboxylic acids is 1. The maximum atomic E-state index is 12.4. The van der Waals surface area contributed by atoms with Crippen molar-refractivity contribution in [2.45, 2.75) is 32.2 Å². The van der Waals surface area contributed by atoms with E-state index in [0.29, 0.717) is 19.4 Å². The molecule has 0 spiro atoms. The van der Waals surface area contributed by atoms with Gasteiger partial charge in [-0.2, -0.15) is 0 Å². The SMILES string of the molecule is CNCc1ccccc1NC(=O)C1CCCC(C(=O)O)C1. The van der Waals surface area contributed by atoms with Crippen molar-refractivity contribution in [2.24, 2.45) is 11.8 Å².